The van der Waals surface area contributed by atoms with Gasteiger partial charge in [-0.15, -0.1) is 0 Å². The molecule has 1 heterocycles. The van der Waals surface area contributed by atoms with Crippen molar-refractivity contribution in [1.82, 2.24) is 10.2 Å². The first-order chi connectivity index (χ1) is 11.0. The van der Waals surface area contributed by atoms with E-state index in [4.69, 9.17) is 5.73 Å². The molecule has 1 saturated heterocycles. The van der Waals surface area contributed by atoms with Gasteiger partial charge in [0, 0.05) is 31.6 Å². The summed E-state index contributed by atoms with van der Waals surface area (Å²) in [6.07, 6.45) is 7.04. The Morgan fingerprint density at radius 3 is 2.57 bits per heavy atom. The zero-order valence-electron chi connectivity index (χ0n) is 15.0. The molecule has 132 valence electrons. The molecule has 0 spiro atoms. The highest BCUT2D eigenvalue weighted by Crippen LogP contribution is 2.41. The molecule has 0 radical (unpaired) electrons. The fraction of sp³-hybridized carbons (Fsp3) is 0.947. The minimum absolute atomic E-state index is 0.221. The van der Waals surface area contributed by atoms with Gasteiger partial charge in [-0.2, -0.15) is 0 Å². The Morgan fingerprint density at radius 2 is 1.91 bits per heavy atom. The van der Waals surface area contributed by atoms with Crippen LogP contribution < -0.4 is 11.1 Å². The molecule has 3 rings (SSSR count). The van der Waals surface area contributed by atoms with Crippen molar-refractivity contribution < 1.29 is 4.79 Å². The van der Waals surface area contributed by atoms with Gasteiger partial charge in [0.15, 0.2) is 0 Å². The Labute approximate surface area is 141 Å². The number of carbonyl (C=O) groups excluding carboxylic acids is 1. The summed E-state index contributed by atoms with van der Waals surface area (Å²) in [5, 5.41) is 3.27. The van der Waals surface area contributed by atoms with Gasteiger partial charge < -0.3 is 16.0 Å². The van der Waals surface area contributed by atoms with Crippen LogP contribution in [0.25, 0.3) is 0 Å². The number of hydrogen-bond acceptors (Lipinski definition) is 3. The minimum atomic E-state index is 0.221. The highest BCUT2D eigenvalue weighted by Gasteiger charge is 2.40. The maximum Gasteiger partial charge on any atom is 0.223 e. The van der Waals surface area contributed by atoms with Crippen molar-refractivity contribution in [3.63, 3.8) is 0 Å². The van der Waals surface area contributed by atoms with Crippen LogP contribution in [-0.2, 0) is 4.79 Å². The lowest BCUT2D eigenvalue weighted by molar-refractivity contribution is -0.128. The Kier molecular flexibility index (Phi) is 5.63. The molecule has 3 unspecified atom stereocenters. The van der Waals surface area contributed by atoms with Crippen LogP contribution in [0.3, 0.4) is 0 Å². The second kappa shape index (κ2) is 7.52. The maximum absolute atomic E-state index is 12.6. The molecule has 23 heavy (non-hydrogen) atoms. The van der Waals surface area contributed by atoms with Crippen molar-refractivity contribution in [3.8, 4) is 0 Å². The molecule has 4 heteroatoms. The first-order valence-electron chi connectivity index (χ1n) is 9.78. The van der Waals surface area contributed by atoms with Crippen molar-refractivity contribution in [3.05, 3.63) is 0 Å². The molecule has 3 atom stereocenters. The van der Waals surface area contributed by atoms with Crippen LogP contribution in [0.1, 0.15) is 52.4 Å². The van der Waals surface area contributed by atoms with E-state index in [1.54, 1.807) is 0 Å². The second-order valence-electron chi connectivity index (χ2n) is 8.75. The molecular weight excluding hydrogens is 286 g/mol. The van der Waals surface area contributed by atoms with Gasteiger partial charge in [-0.1, -0.05) is 20.3 Å². The molecule has 1 aliphatic heterocycles. The van der Waals surface area contributed by atoms with Crippen LogP contribution in [0.4, 0.5) is 0 Å². The summed E-state index contributed by atoms with van der Waals surface area (Å²) >= 11 is 0. The molecule has 0 aromatic carbocycles. The summed E-state index contributed by atoms with van der Waals surface area (Å²) in [6, 6.07) is 0.354. The second-order valence-corrected chi connectivity index (χ2v) is 8.75. The molecule has 2 bridgehead atoms. The zero-order valence-corrected chi connectivity index (χ0v) is 15.0. The van der Waals surface area contributed by atoms with Crippen LogP contribution in [0.2, 0.25) is 0 Å². The number of carbonyl (C=O) groups is 1. The van der Waals surface area contributed by atoms with E-state index >= 15 is 0 Å². The van der Waals surface area contributed by atoms with Gasteiger partial charge in [-0.05, 0) is 62.3 Å². The van der Waals surface area contributed by atoms with Crippen molar-refractivity contribution in [2.75, 3.05) is 26.2 Å². The number of nitrogens with two attached hydrogens (primary N) is 1. The number of likely N-dealkylation sites (tertiary alicyclic amines) is 1. The third-order valence-electron chi connectivity index (χ3n) is 6.34. The first kappa shape index (κ1) is 17.2. The van der Waals surface area contributed by atoms with Crippen molar-refractivity contribution in [2.45, 2.75) is 58.4 Å². The number of fused-ring (bicyclic) bond motifs is 2. The molecule has 0 aromatic rings. The summed E-state index contributed by atoms with van der Waals surface area (Å²) in [5.41, 5.74) is 6.34. The summed E-state index contributed by atoms with van der Waals surface area (Å²) < 4.78 is 0. The lowest BCUT2D eigenvalue weighted by atomic mass is 9.65. The van der Waals surface area contributed by atoms with Gasteiger partial charge in [0.2, 0.25) is 5.91 Å². The number of rotatable bonds is 5. The number of hydrogen-bond donors (Lipinski definition) is 2. The number of nitrogens with one attached hydrogen (secondary N) is 1. The van der Waals surface area contributed by atoms with Gasteiger partial charge in [0.1, 0.15) is 0 Å². The largest absolute Gasteiger partial charge is 0.356 e. The standard InChI is InChI=1S/C19H35N3O/c1-13(2)11-22-7-6-14(12-22)10-21-19(23)17-8-15-4-3-5-16(9-17)18(15)20/h13-18H,3-12,20H2,1-2H3,(H,21,23). The minimum Gasteiger partial charge on any atom is -0.356 e. The topological polar surface area (TPSA) is 58.4 Å². The lowest BCUT2D eigenvalue weighted by Gasteiger charge is -2.43. The van der Waals surface area contributed by atoms with Crippen LogP contribution in [-0.4, -0.2) is 43.0 Å². The van der Waals surface area contributed by atoms with E-state index in [1.165, 1.54) is 38.8 Å². The maximum atomic E-state index is 12.6. The summed E-state index contributed by atoms with van der Waals surface area (Å²) in [4.78, 5) is 15.1. The van der Waals surface area contributed by atoms with Crippen molar-refractivity contribution in [1.29, 1.82) is 0 Å². The Hall–Kier alpha value is -0.610. The molecule has 2 aliphatic carbocycles. The van der Waals surface area contributed by atoms with E-state index < -0.39 is 0 Å². The van der Waals surface area contributed by atoms with Crippen LogP contribution in [0.5, 0.6) is 0 Å². The SMILES string of the molecule is CC(C)CN1CCC(CNC(=O)C2CC3CCCC(C2)C3N)C1. The molecule has 3 fully saturated rings. The molecule has 0 aromatic heterocycles. The summed E-state index contributed by atoms with van der Waals surface area (Å²) in [5.74, 6) is 3.07. The highest BCUT2D eigenvalue weighted by atomic mass is 16.1. The third kappa shape index (κ3) is 4.27. The predicted octanol–water partition coefficient (Wildman–Crippen LogP) is 2.23. The molecule has 2 saturated carbocycles. The van der Waals surface area contributed by atoms with E-state index in [9.17, 15) is 4.79 Å². The fourth-order valence-corrected chi connectivity index (χ4v) is 5.15. The van der Waals surface area contributed by atoms with E-state index in [0.29, 0.717) is 29.7 Å². The average Bonchev–Trinajstić information content (AvgIpc) is 2.91. The monoisotopic (exact) mass is 321 g/mol. The summed E-state index contributed by atoms with van der Waals surface area (Å²) in [6.45, 7) is 8.96. The molecule has 1 amide bonds. The summed E-state index contributed by atoms with van der Waals surface area (Å²) in [7, 11) is 0. The van der Waals surface area contributed by atoms with E-state index in [2.05, 4.69) is 24.1 Å². The van der Waals surface area contributed by atoms with Gasteiger partial charge in [0.25, 0.3) is 0 Å². The third-order valence-corrected chi connectivity index (χ3v) is 6.34. The van der Waals surface area contributed by atoms with Gasteiger partial charge in [0.05, 0.1) is 0 Å². The zero-order chi connectivity index (χ0) is 16.4. The molecule has 3 N–H and O–H groups in total. The van der Waals surface area contributed by atoms with Crippen LogP contribution >= 0.6 is 0 Å². The first-order valence-corrected chi connectivity index (χ1v) is 9.78. The smallest absolute Gasteiger partial charge is 0.223 e. The average molecular weight is 322 g/mol. The van der Waals surface area contributed by atoms with Crippen LogP contribution in [0, 0.1) is 29.6 Å². The van der Waals surface area contributed by atoms with Crippen LogP contribution in [0.15, 0.2) is 0 Å². The highest BCUT2D eigenvalue weighted by molar-refractivity contribution is 5.78. The van der Waals surface area contributed by atoms with Gasteiger partial charge in [-0.3, -0.25) is 4.79 Å². The molecule has 4 nitrogen and oxygen atoms in total. The quantitative estimate of drug-likeness (QED) is 0.816. The fourth-order valence-electron chi connectivity index (χ4n) is 5.15. The molecular formula is C19H35N3O. The lowest BCUT2D eigenvalue weighted by Crippen LogP contribution is -2.49. The number of nitrogens with zero attached hydrogens (tertiary/aromatic N) is 1. The Bertz CT molecular complexity index is 397. The van der Waals surface area contributed by atoms with Crippen molar-refractivity contribution in [2.24, 2.45) is 35.3 Å². The van der Waals surface area contributed by atoms with E-state index in [-0.39, 0.29) is 5.92 Å². The molecule has 3 aliphatic rings. The number of amides is 1. The van der Waals surface area contributed by atoms with E-state index in [0.717, 1.165) is 31.8 Å². The predicted molar refractivity (Wildman–Crippen MR) is 93.9 cm³/mol. The Balaban J connectivity index is 1.42. The normalized spacial score (nSPS) is 38.0. The van der Waals surface area contributed by atoms with Crippen molar-refractivity contribution >= 4 is 5.91 Å². The van der Waals surface area contributed by atoms with Gasteiger partial charge >= 0.3 is 0 Å². The van der Waals surface area contributed by atoms with E-state index in [1.807, 2.05) is 0 Å². The Morgan fingerprint density at radius 1 is 1.22 bits per heavy atom. The van der Waals surface area contributed by atoms with Gasteiger partial charge in [-0.25, -0.2) is 0 Å².